The van der Waals surface area contributed by atoms with Gasteiger partial charge in [0.25, 0.3) is 0 Å². The van der Waals surface area contributed by atoms with Crippen LogP contribution in [0.2, 0.25) is 0 Å². The lowest BCUT2D eigenvalue weighted by Gasteiger charge is -1.97. The van der Waals surface area contributed by atoms with Gasteiger partial charge < -0.3 is 10.7 Å². The third-order valence-corrected chi connectivity index (χ3v) is 0.988. The van der Waals surface area contributed by atoms with E-state index in [1.165, 1.54) is 6.21 Å². The van der Waals surface area contributed by atoms with Gasteiger partial charge in [-0.1, -0.05) is 11.6 Å². The first kappa shape index (κ1) is 7.50. The van der Waals surface area contributed by atoms with Crippen LogP contribution in [0.15, 0.2) is 10.7 Å². The third-order valence-electron chi connectivity index (χ3n) is 0.785. The Balaban J connectivity index is 4.07. The van der Waals surface area contributed by atoms with Crippen LogP contribution in [0.25, 0.3) is 0 Å². The summed E-state index contributed by atoms with van der Waals surface area (Å²) in [5.74, 6) is 0. The lowest BCUT2D eigenvalue weighted by molar-refractivity contribution is 1.05. The van der Waals surface area contributed by atoms with E-state index < -0.39 is 0 Å². The smallest absolute Gasteiger partial charge is 0.0660 e. The minimum absolute atomic E-state index is 0.613. The Morgan fingerprint density at radius 1 is 1.75 bits per heavy atom. The van der Waals surface area contributed by atoms with Gasteiger partial charge in [0.1, 0.15) is 0 Å². The van der Waals surface area contributed by atoms with Crippen LogP contribution in [-0.2, 0) is 0 Å². The average molecular weight is 133 g/mol. The molecule has 0 aromatic carbocycles. The molecule has 0 aliphatic carbocycles. The van der Waals surface area contributed by atoms with Crippen LogP contribution in [-0.4, -0.2) is 13.3 Å². The van der Waals surface area contributed by atoms with Gasteiger partial charge in [-0.3, -0.25) is 0 Å². The van der Waals surface area contributed by atoms with Gasteiger partial charge in [-0.25, -0.2) is 0 Å². The summed E-state index contributed by atoms with van der Waals surface area (Å²) in [4.78, 5) is 0. The molecule has 0 fully saturated rings. The van der Waals surface area contributed by atoms with Crippen molar-refractivity contribution in [1.82, 2.24) is 5.32 Å². The molecule has 2 N–H and O–H groups in total. The van der Waals surface area contributed by atoms with Gasteiger partial charge in [0.15, 0.2) is 0 Å². The minimum Gasteiger partial charge on any atom is -0.386 e. The van der Waals surface area contributed by atoms with Crippen molar-refractivity contribution in [2.45, 2.75) is 6.92 Å². The molecule has 0 rings (SSSR count). The van der Waals surface area contributed by atoms with Crippen LogP contribution >= 0.6 is 11.6 Å². The first-order valence-electron chi connectivity index (χ1n) is 2.27. The number of halogens is 1. The summed E-state index contributed by atoms with van der Waals surface area (Å²) in [7, 11) is 1.73. The fraction of sp³-hybridized carbons (Fsp3) is 0.400. The lowest BCUT2D eigenvalue weighted by atomic mass is 10.4. The fourth-order valence-corrected chi connectivity index (χ4v) is 0.493. The molecule has 8 heavy (non-hydrogen) atoms. The summed E-state index contributed by atoms with van der Waals surface area (Å²) in [6, 6.07) is 0. The number of hydrogen-bond acceptors (Lipinski definition) is 2. The number of nitrogens with one attached hydrogen (secondary N) is 2. The zero-order chi connectivity index (χ0) is 6.57. The number of allylic oxidation sites excluding steroid dienone is 2. The van der Waals surface area contributed by atoms with Gasteiger partial charge in [-0.15, -0.1) is 0 Å². The van der Waals surface area contributed by atoms with Crippen molar-refractivity contribution < 1.29 is 0 Å². The Morgan fingerprint density at radius 3 is 2.25 bits per heavy atom. The second-order valence-electron chi connectivity index (χ2n) is 1.34. The van der Waals surface area contributed by atoms with E-state index in [1.54, 1.807) is 14.0 Å². The molecular formula is C5H9ClN2. The Bertz CT molecular complexity index is 114. The molecule has 0 atom stereocenters. The molecule has 0 spiro atoms. The average Bonchev–Trinajstić information content (AvgIpc) is 1.69. The maximum Gasteiger partial charge on any atom is 0.0660 e. The molecule has 0 bridgehead atoms. The summed E-state index contributed by atoms with van der Waals surface area (Å²) < 4.78 is 0. The SMILES string of the molecule is CN/C(C=N)=C(\C)Cl. The molecule has 0 amide bonds. The quantitative estimate of drug-likeness (QED) is 0.547. The maximum absolute atomic E-state index is 6.76. The van der Waals surface area contributed by atoms with E-state index in [9.17, 15) is 0 Å². The summed E-state index contributed by atoms with van der Waals surface area (Å²) in [6.07, 6.45) is 1.18. The van der Waals surface area contributed by atoms with E-state index >= 15 is 0 Å². The molecule has 3 heteroatoms. The molecule has 0 aromatic heterocycles. The predicted octanol–water partition coefficient (Wildman–Crippen LogP) is 1.33. The summed E-state index contributed by atoms with van der Waals surface area (Å²) in [5, 5.41) is 10.1. The van der Waals surface area contributed by atoms with Crippen LogP contribution in [0.5, 0.6) is 0 Å². The number of hydrogen-bond donors (Lipinski definition) is 2. The summed E-state index contributed by atoms with van der Waals surface area (Å²) in [5.41, 5.74) is 0.659. The van der Waals surface area contributed by atoms with Crippen molar-refractivity contribution in [2.75, 3.05) is 7.05 Å². The van der Waals surface area contributed by atoms with E-state index in [0.717, 1.165) is 0 Å². The minimum atomic E-state index is 0.613. The van der Waals surface area contributed by atoms with Gasteiger partial charge >= 0.3 is 0 Å². The van der Waals surface area contributed by atoms with Gasteiger partial charge in [0, 0.05) is 18.3 Å². The zero-order valence-corrected chi connectivity index (χ0v) is 5.71. The largest absolute Gasteiger partial charge is 0.386 e. The Morgan fingerprint density at radius 2 is 2.25 bits per heavy atom. The highest BCUT2D eigenvalue weighted by atomic mass is 35.5. The molecule has 2 nitrogen and oxygen atoms in total. The van der Waals surface area contributed by atoms with Gasteiger partial charge in [0.2, 0.25) is 0 Å². The van der Waals surface area contributed by atoms with E-state index in [1.807, 2.05) is 0 Å². The first-order valence-corrected chi connectivity index (χ1v) is 2.64. The first-order chi connectivity index (χ1) is 3.72. The molecule has 0 saturated heterocycles. The van der Waals surface area contributed by atoms with Crippen LogP contribution < -0.4 is 5.32 Å². The molecule has 0 radical (unpaired) electrons. The molecule has 0 aliphatic heterocycles. The van der Waals surface area contributed by atoms with Crippen molar-refractivity contribution in [3.8, 4) is 0 Å². The highest BCUT2D eigenvalue weighted by Crippen LogP contribution is 2.01. The fourth-order valence-electron chi connectivity index (χ4n) is 0.344. The van der Waals surface area contributed by atoms with E-state index in [2.05, 4.69) is 5.32 Å². The van der Waals surface area contributed by atoms with E-state index in [4.69, 9.17) is 17.0 Å². The second-order valence-corrected chi connectivity index (χ2v) is 1.91. The standard InChI is InChI=1S/C5H9ClN2/c1-4(6)5(3-7)8-2/h3,7-8H,1-2H3/b5-4+,7-3?. The van der Waals surface area contributed by atoms with Gasteiger partial charge in [-0.2, -0.15) is 0 Å². The molecule has 46 valence electrons. The van der Waals surface area contributed by atoms with Crippen LogP contribution in [0.4, 0.5) is 0 Å². The van der Waals surface area contributed by atoms with E-state index in [0.29, 0.717) is 10.7 Å². The zero-order valence-electron chi connectivity index (χ0n) is 4.96. The van der Waals surface area contributed by atoms with Crippen molar-refractivity contribution in [3.05, 3.63) is 10.7 Å². The van der Waals surface area contributed by atoms with Crippen LogP contribution in [0.1, 0.15) is 6.92 Å². The molecular weight excluding hydrogens is 124 g/mol. The van der Waals surface area contributed by atoms with Crippen LogP contribution in [0, 0.1) is 5.41 Å². The van der Waals surface area contributed by atoms with Crippen molar-refractivity contribution in [2.24, 2.45) is 0 Å². The summed E-state index contributed by atoms with van der Waals surface area (Å²) >= 11 is 5.51. The Hall–Kier alpha value is -0.500. The Kier molecular flexibility index (Phi) is 3.28. The normalized spacial score (nSPS) is 12.4. The Labute approximate surface area is 54.0 Å². The predicted molar refractivity (Wildman–Crippen MR) is 36.4 cm³/mol. The second kappa shape index (κ2) is 3.50. The third kappa shape index (κ3) is 1.98. The van der Waals surface area contributed by atoms with Crippen molar-refractivity contribution in [1.29, 1.82) is 5.41 Å². The van der Waals surface area contributed by atoms with Crippen molar-refractivity contribution in [3.63, 3.8) is 0 Å². The maximum atomic E-state index is 6.76. The molecule has 0 aliphatic rings. The van der Waals surface area contributed by atoms with Crippen LogP contribution in [0.3, 0.4) is 0 Å². The monoisotopic (exact) mass is 132 g/mol. The summed E-state index contributed by atoms with van der Waals surface area (Å²) in [6.45, 7) is 1.73. The molecule has 0 unspecified atom stereocenters. The van der Waals surface area contributed by atoms with Gasteiger partial charge in [0.05, 0.1) is 5.70 Å². The van der Waals surface area contributed by atoms with Crippen molar-refractivity contribution >= 4 is 17.8 Å². The molecule has 0 aromatic rings. The highest BCUT2D eigenvalue weighted by molar-refractivity contribution is 6.30. The lowest BCUT2D eigenvalue weighted by Crippen LogP contribution is -2.06. The van der Waals surface area contributed by atoms with Gasteiger partial charge in [-0.05, 0) is 6.92 Å². The number of rotatable bonds is 2. The highest BCUT2D eigenvalue weighted by Gasteiger charge is 1.88. The topological polar surface area (TPSA) is 35.9 Å². The van der Waals surface area contributed by atoms with E-state index in [-0.39, 0.29) is 0 Å². The molecule has 0 heterocycles. The molecule has 0 saturated carbocycles.